The van der Waals surface area contributed by atoms with Crippen LogP contribution in [0.25, 0.3) is 0 Å². The predicted molar refractivity (Wildman–Crippen MR) is 120 cm³/mol. The molecule has 1 unspecified atom stereocenters. The van der Waals surface area contributed by atoms with Crippen LogP contribution in [0, 0.1) is 0 Å². The van der Waals surface area contributed by atoms with E-state index in [4.69, 9.17) is 4.74 Å². The maximum Gasteiger partial charge on any atom is 0.261 e. The monoisotopic (exact) mass is 423 g/mol. The second kappa shape index (κ2) is 9.73. The number of hydrogen-bond donors (Lipinski definition) is 2. The number of thiophene rings is 1. The molecule has 1 saturated heterocycles. The van der Waals surface area contributed by atoms with Gasteiger partial charge in [0.1, 0.15) is 11.8 Å². The van der Waals surface area contributed by atoms with E-state index in [9.17, 15) is 4.79 Å². The number of benzene rings is 1. The molecule has 0 saturated carbocycles. The number of hydrogen-bond acceptors (Lipinski definition) is 5. The number of aromatic nitrogens is 1. The van der Waals surface area contributed by atoms with Crippen LogP contribution in [-0.4, -0.2) is 50.7 Å². The van der Waals surface area contributed by atoms with Gasteiger partial charge in [-0.2, -0.15) is 0 Å². The van der Waals surface area contributed by atoms with Gasteiger partial charge in [0.2, 0.25) is 0 Å². The number of quaternary nitrogens is 1. The van der Waals surface area contributed by atoms with E-state index in [2.05, 4.69) is 33.4 Å². The Hall–Kier alpha value is -2.90. The summed E-state index contributed by atoms with van der Waals surface area (Å²) in [4.78, 5) is 21.4. The lowest BCUT2D eigenvalue weighted by Gasteiger charge is -2.38. The zero-order chi connectivity index (χ0) is 20.8. The molecule has 7 heteroatoms. The number of carbonyl (C=O) groups is 1. The van der Waals surface area contributed by atoms with E-state index >= 15 is 0 Å². The number of ether oxygens (including phenoxy) is 1. The van der Waals surface area contributed by atoms with Crippen LogP contribution in [0.5, 0.6) is 5.75 Å². The maximum atomic E-state index is 12.5. The summed E-state index contributed by atoms with van der Waals surface area (Å²) < 4.78 is 5.54. The molecule has 1 aliphatic heterocycles. The van der Waals surface area contributed by atoms with E-state index < -0.39 is 0 Å². The van der Waals surface area contributed by atoms with Crippen molar-refractivity contribution in [2.24, 2.45) is 0 Å². The molecule has 30 heavy (non-hydrogen) atoms. The van der Waals surface area contributed by atoms with Crippen molar-refractivity contribution in [3.8, 4) is 5.75 Å². The minimum Gasteiger partial charge on any atom is -0.495 e. The number of nitrogens with one attached hydrogen (secondary N) is 2. The molecule has 6 nitrogen and oxygen atoms in total. The summed E-state index contributed by atoms with van der Waals surface area (Å²) in [5.41, 5.74) is 2.30. The van der Waals surface area contributed by atoms with Crippen molar-refractivity contribution >= 4 is 22.9 Å². The lowest BCUT2D eigenvalue weighted by Crippen LogP contribution is -3.15. The molecule has 0 radical (unpaired) electrons. The van der Waals surface area contributed by atoms with Crippen LogP contribution >= 0.6 is 11.3 Å². The summed E-state index contributed by atoms with van der Waals surface area (Å²) in [7, 11) is 1.72. The number of rotatable bonds is 7. The number of amides is 1. The van der Waals surface area contributed by atoms with Gasteiger partial charge in [-0.3, -0.25) is 9.78 Å². The van der Waals surface area contributed by atoms with Gasteiger partial charge < -0.3 is 19.9 Å². The Balaban J connectivity index is 1.45. The van der Waals surface area contributed by atoms with Crippen molar-refractivity contribution in [3.05, 3.63) is 76.7 Å². The third kappa shape index (κ3) is 4.63. The largest absolute Gasteiger partial charge is 0.495 e. The zero-order valence-electron chi connectivity index (χ0n) is 17.1. The lowest BCUT2D eigenvalue weighted by molar-refractivity contribution is -0.931. The van der Waals surface area contributed by atoms with Crippen molar-refractivity contribution < 1.29 is 14.4 Å². The Morgan fingerprint density at radius 1 is 1.20 bits per heavy atom. The second-order valence-electron chi connectivity index (χ2n) is 7.34. The first kappa shape index (κ1) is 20.4. The molecule has 156 valence electrons. The van der Waals surface area contributed by atoms with Crippen molar-refractivity contribution in [2.45, 2.75) is 6.04 Å². The highest BCUT2D eigenvalue weighted by molar-refractivity contribution is 7.12. The highest BCUT2D eigenvalue weighted by atomic mass is 32.1. The number of carbonyl (C=O) groups excluding carboxylic acids is 1. The Labute approximate surface area is 181 Å². The predicted octanol–water partition coefficient (Wildman–Crippen LogP) is 2.03. The van der Waals surface area contributed by atoms with E-state index in [1.807, 2.05) is 41.9 Å². The molecular weight excluding hydrogens is 396 g/mol. The molecule has 1 fully saturated rings. The molecule has 2 aromatic heterocycles. The fourth-order valence-electron chi connectivity index (χ4n) is 4.04. The number of pyridine rings is 1. The average Bonchev–Trinajstić information content (AvgIpc) is 3.35. The van der Waals surface area contributed by atoms with Crippen molar-refractivity contribution in [2.75, 3.05) is 44.7 Å². The zero-order valence-corrected chi connectivity index (χ0v) is 17.9. The number of anilines is 1. The van der Waals surface area contributed by atoms with Gasteiger partial charge in [-0.1, -0.05) is 18.2 Å². The van der Waals surface area contributed by atoms with E-state index in [0.29, 0.717) is 6.54 Å². The maximum absolute atomic E-state index is 12.5. The lowest BCUT2D eigenvalue weighted by atomic mass is 10.1. The van der Waals surface area contributed by atoms with Gasteiger partial charge in [-0.25, -0.2) is 0 Å². The van der Waals surface area contributed by atoms with Crippen LogP contribution in [0.4, 0.5) is 5.69 Å². The smallest absolute Gasteiger partial charge is 0.261 e. The standard InChI is InChI=1S/C23H26N4O2S/c1-29-21-8-3-2-7-19(21)26-11-13-27(14-12-26)20(18-6-4-10-24-16-18)17-25-23(28)22-9-5-15-30-22/h2-10,15-16,20H,11-14,17H2,1H3,(H,25,28)/p+1. The van der Waals surface area contributed by atoms with Gasteiger partial charge in [0.05, 0.1) is 50.4 Å². The van der Waals surface area contributed by atoms with Crippen LogP contribution in [0.3, 0.4) is 0 Å². The minimum absolute atomic E-state index is 0.00838. The van der Waals surface area contributed by atoms with Crippen LogP contribution in [0.15, 0.2) is 66.3 Å². The van der Waals surface area contributed by atoms with Crippen molar-refractivity contribution in [3.63, 3.8) is 0 Å². The van der Waals surface area contributed by atoms with Gasteiger partial charge in [0.25, 0.3) is 5.91 Å². The summed E-state index contributed by atoms with van der Waals surface area (Å²) in [6.07, 6.45) is 3.71. The number of para-hydroxylation sites is 2. The molecule has 2 N–H and O–H groups in total. The van der Waals surface area contributed by atoms with Crippen LogP contribution in [-0.2, 0) is 0 Å². The Kier molecular flexibility index (Phi) is 6.61. The molecule has 0 bridgehead atoms. The Morgan fingerprint density at radius 2 is 2.03 bits per heavy atom. The summed E-state index contributed by atoms with van der Waals surface area (Å²) in [6, 6.07) is 16.2. The molecule has 1 atom stereocenters. The fourth-order valence-corrected chi connectivity index (χ4v) is 4.68. The molecule has 3 aromatic rings. The first-order valence-electron chi connectivity index (χ1n) is 10.2. The Morgan fingerprint density at radius 3 is 2.73 bits per heavy atom. The van der Waals surface area contributed by atoms with Crippen molar-refractivity contribution in [1.29, 1.82) is 0 Å². The summed E-state index contributed by atoms with van der Waals surface area (Å²) in [5, 5.41) is 5.06. The third-order valence-electron chi connectivity index (χ3n) is 5.62. The number of piperazine rings is 1. The SMILES string of the molecule is COc1ccccc1N1CC[NH+](C(CNC(=O)c2cccs2)c2cccnc2)CC1. The van der Waals surface area contributed by atoms with Gasteiger partial charge in [-0.05, 0) is 35.7 Å². The van der Waals surface area contributed by atoms with E-state index in [1.165, 1.54) is 16.2 Å². The normalized spacial score (nSPS) is 15.6. The third-order valence-corrected chi connectivity index (χ3v) is 6.49. The van der Waals surface area contributed by atoms with Gasteiger partial charge in [0.15, 0.2) is 0 Å². The minimum atomic E-state index is -0.00838. The highest BCUT2D eigenvalue weighted by Gasteiger charge is 2.30. The first-order valence-corrected chi connectivity index (χ1v) is 11.1. The van der Waals surface area contributed by atoms with Crippen LogP contribution in [0.1, 0.15) is 21.3 Å². The summed E-state index contributed by atoms with van der Waals surface area (Å²) in [5.74, 6) is 0.902. The quantitative estimate of drug-likeness (QED) is 0.611. The molecule has 4 rings (SSSR count). The molecular formula is C23H27N4O2S+. The van der Waals surface area contributed by atoms with E-state index in [-0.39, 0.29) is 11.9 Å². The summed E-state index contributed by atoms with van der Waals surface area (Å²) in [6.45, 7) is 4.42. The second-order valence-corrected chi connectivity index (χ2v) is 8.29. The van der Waals surface area contributed by atoms with Gasteiger partial charge >= 0.3 is 0 Å². The van der Waals surface area contributed by atoms with E-state index in [0.717, 1.165) is 48.1 Å². The highest BCUT2D eigenvalue weighted by Crippen LogP contribution is 2.27. The molecule has 1 amide bonds. The van der Waals surface area contributed by atoms with Crippen LogP contribution in [0.2, 0.25) is 0 Å². The number of nitrogens with zero attached hydrogens (tertiary/aromatic N) is 2. The summed E-state index contributed by atoms with van der Waals surface area (Å²) >= 11 is 1.47. The topological polar surface area (TPSA) is 58.9 Å². The van der Waals surface area contributed by atoms with Crippen molar-refractivity contribution in [1.82, 2.24) is 10.3 Å². The first-order chi connectivity index (χ1) is 14.8. The van der Waals surface area contributed by atoms with Crippen LogP contribution < -0.4 is 19.9 Å². The number of methoxy groups -OCH3 is 1. The van der Waals surface area contributed by atoms with Gasteiger partial charge in [-0.15, -0.1) is 11.3 Å². The average molecular weight is 424 g/mol. The van der Waals surface area contributed by atoms with Gasteiger partial charge in [0, 0.05) is 18.0 Å². The molecule has 3 heterocycles. The molecule has 1 aliphatic rings. The Bertz CT molecular complexity index is 941. The van der Waals surface area contributed by atoms with E-state index in [1.54, 1.807) is 13.3 Å². The molecule has 1 aromatic carbocycles. The molecule has 0 aliphatic carbocycles. The molecule has 0 spiro atoms. The fraction of sp³-hybridized carbons (Fsp3) is 0.304.